The van der Waals surface area contributed by atoms with E-state index in [1.54, 1.807) is 13.0 Å². The van der Waals surface area contributed by atoms with Crippen molar-refractivity contribution in [3.8, 4) is 0 Å². The third kappa shape index (κ3) is 2.73. The van der Waals surface area contributed by atoms with Crippen molar-refractivity contribution >= 4 is 11.9 Å². The standard InChI is InChI=1S/C13H14FNO4/c1-8-2-3-10(14)9(6-8)12(16)15-4-5-19-7-11(15)13(17)18/h2-3,6,11H,4-5,7H2,1H3,(H,17,18). The second-order valence-electron chi connectivity index (χ2n) is 4.41. The lowest BCUT2D eigenvalue weighted by atomic mass is 10.1. The Balaban J connectivity index is 2.31. The van der Waals surface area contributed by atoms with Crippen molar-refractivity contribution < 1.29 is 23.8 Å². The van der Waals surface area contributed by atoms with Crippen LogP contribution in [0.3, 0.4) is 0 Å². The van der Waals surface area contributed by atoms with Gasteiger partial charge in [-0.2, -0.15) is 0 Å². The number of carbonyl (C=O) groups is 2. The number of ether oxygens (including phenoxy) is 1. The van der Waals surface area contributed by atoms with Gasteiger partial charge in [0.1, 0.15) is 5.82 Å². The predicted octanol–water partition coefficient (Wildman–Crippen LogP) is 1.06. The molecule has 0 aliphatic carbocycles. The summed E-state index contributed by atoms with van der Waals surface area (Å²) >= 11 is 0. The molecule has 1 fully saturated rings. The first kappa shape index (κ1) is 13.5. The second kappa shape index (κ2) is 5.36. The molecule has 1 heterocycles. The van der Waals surface area contributed by atoms with Crippen LogP contribution < -0.4 is 0 Å². The third-order valence-corrected chi connectivity index (χ3v) is 3.03. The Morgan fingerprint density at radius 1 is 1.47 bits per heavy atom. The predicted molar refractivity (Wildman–Crippen MR) is 64.4 cm³/mol. The molecule has 1 unspecified atom stereocenters. The van der Waals surface area contributed by atoms with E-state index in [9.17, 15) is 14.0 Å². The molecule has 1 aromatic carbocycles. The van der Waals surface area contributed by atoms with Crippen molar-refractivity contribution in [1.29, 1.82) is 0 Å². The molecule has 0 spiro atoms. The van der Waals surface area contributed by atoms with Crippen LogP contribution in [-0.2, 0) is 9.53 Å². The Kier molecular flexibility index (Phi) is 3.80. The number of amides is 1. The van der Waals surface area contributed by atoms with Gasteiger partial charge in [-0.15, -0.1) is 0 Å². The Bertz CT molecular complexity index is 517. The zero-order chi connectivity index (χ0) is 14.0. The number of aliphatic carboxylic acids is 1. The SMILES string of the molecule is Cc1ccc(F)c(C(=O)N2CCOCC2C(=O)O)c1. The van der Waals surface area contributed by atoms with Gasteiger partial charge in [0.25, 0.3) is 5.91 Å². The maximum absolute atomic E-state index is 13.7. The first-order valence-electron chi connectivity index (χ1n) is 5.88. The quantitative estimate of drug-likeness (QED) is 0.870. The number of nitrogens with zero attached hydrogens (tertiary/aromatic N) is 1. The van der Waals surface area contributed by atoms with Gasteiger partial charge in [0.2, 0.25) is 0 Å². The Morgan fingerprint density at radius 3 is 2.89 bits per heavy atom. The van der Waals surface area contributed by atoms with Crippen molar-refractivity contribution in [3.05, 3.63) is 35.1 Å². The summed E-state index contributed by atoms with van der Waals surface area (Å²) in [6.07, 6.45) is 0. The molecule has 1 aromatic rings. The highest BCUT2D eigenvalue weighted by Crippen LogP contribution is 2.16. The Labute approximate surface area is 109 Å². The number of aryl methyl sites for hydroxylation is 1. The number of carboxylic acids is 1. The number of morpholine rings is 1. The molecule has 19 heavy (non-hydrogen) atoms. The van der Waals surface area contributed by atoms with Crippen molar-refractivity contribution in [1.82, 2.24) is 4.90 Å². The molecular formula is C13H14FNO4. The van der Waals surface area contributed by atoms with Crippen molar-refractivity contribution in [2.24, 2.45) is 0 Å². The van der Waals surface area contributed by atoms with E-state index in [4.69, 9.17) is 9.84 Å². The Morgan fingerprint density at radius 2 is 2.21 bits per heavy atom. The number of hydrogen-bond acceptors (Lipinski definition) is 3. The van der Waals surface area contributed by atoms with Gasteiger partial charge in [0, 0.05) is 6.54 Å². The molecule has 2 rings (SSSR count). The van der Waals surface area contributed by atoms with Gasteiger partial charge in [-0.1, -0.05) is 11.6 Å². The normalized spacial score (nSPS) is 19.3. The van der Waals surface area contributed by atoms with Gasteiger partial charge in [0.15, 0.2) is 6.04 Å². The molecule has 0 bridgehead atoms. The molecule has 0 aromatic heterocycles. The maximum Gasteiger partial charge on any atom is 0.328 e. The van der Waals surface area contributed by atoms with Gasteiger partial charge in [-0.3, -0.25) is 4.79 Å². The van der Waals surface area contributed by atoms with Gasteiger partial charge in [-0.25, -0.2) is 9.18 Å². The first-order valence-corrected chi connectivity index (χ1v) is 5.88. The zero-order valence-electron chi connectivity index (χ0n) is 10.4. The molecule has 1 amide bonds. The number of carbonyl (C=O) groups excluding carboxylic acids is 1. The van der Waals surface area contributed by atoms with Crippen LogP contribution in [0.2, 0.25) is 0 Å². The molecule has 5 nitrogen and oxygen atoms in total. The minimum Gasteiger partial charge on any atom is -0.480 e. The van der Waals surface area contributed by atoms with E-state index in [0.717, 1.165) is 10.5 Å². The average Bonchev–Trinajstić information content (AvgIpc) is 2.40. The van der Waals surface area contributed by atoms with E-state index in [0.29, 0.717) is 0 Å². The Hall–Kier alpha value is -1.95. The highest BCUT2D eigenvalue weighted by atomic mass is 19.1. The van der Waals surface area contributed by atoms with E-state index >= 15 is 0 Å². The summed E-state index contributed by atoms with van der Waals surface area (Å²) in [6, 6.07) is 3.12. The molecule has 0 saturated carbocycles. The molecule has 102 valence electrons. The lowest BCUT2D eigenvalue weighted by molar-refractivity contribution is -0.147. The van der Waals surface area contributed by atoms with E-state index in [-0.39, 0.29) is 25.3 Å². The fourth-order valence-electron chi connectivity index (χ4n) is 2.01. The lowest BCUT2D eigenvalue weighted by Crippen LogP contribution is -2.52. The summed E-state index contributed by atoms with van der Waals surface area (Å²) in [6.45, 7) is 2.06. The highest BCUT2D eigenvalue weighted by molar-refractivity contribution is 5.97. The molecular weight excluding hydrogens is 253 g/mol. The van der Waals surface area contributed by atoms with Crippen LogP contribution in [-0.4, -0.2) is 47.7 Å². The van der Waals surface area contributed by atoms with Crippen LogP contribution in [0.4, 0.5) is 4.39 Å². The zero-order valence-corrected chi connectivity index (χ0v) is 10.4. The van der Waals surface area contributed by atoms with E-state index in [2.05, 4.69) is 0 Å². The van der Waals surface area contributed by atoms with Gasteiger partial charge in [0.05, 0.1) is 18.8 Å². The topological polar surface area (TPSA) is 66.8 Å². The van der Waals surface area contributed by atoms with Crippen LogP contribution in [0.1, 0.15) is 15.9 Å². The van der Waals surface area contributed by atoms with Crippen LogP contribution in [0.25, 0.3) is 0 Å². The molecule has 1 N–H and O–H groups in total. The van der Waals surface area contributed by atoms with Gasteiger partial charge in [-0.05, 0) is 19.1 Å². The molecule has 1 atom stereocenters. The minimum absolute atomic E-state index is 0.0749. The summed E-state index contributed by atoms with van der Waals surface area (Å²) in [5.74, 6) is -2.41. The molecule has 1 aliphatic heterocycles. The van der Waals surface area contributed by atoms with Crippen LogP contribution in [0.15, 0.2) is 18.2 Å². The number of hydrogen-bond donors (Lipinski definition) is 1. The maximum atomic E-state index is 13.7. The minimum atomic E-state index is -1.15. The van der Waals surface area contributed by atoms with Crippen LogP contribution in [0, 0.1) is 12.7 Å². The van der Waals surface area contributed by atoms with Gasteiger partial charge < -0.3 is 14.7 Å². The van der Waals surface area contributed by atoms with Crippen LogP contribution >= 0.6 is 0 Å². The number of rotatable bonds is 2. The number of carboxylic acid groups (broad SMARTS) is 1. The number of benzene rings is 1. The summed E-state index contributed by atoms with van der Waals surface area (Å²) in [5, 5.41) is 9.06. The summed E-state index contributed by atoms with van der Waals surface area (Å²) in [4.78, 5) is 24.5. The largest absolute Gasteiger partial charge is 0.480 e. The molecule has 0 radical (unpaired) electrons. The smallest absolute Gasteiger partial charge is 0.328 e. The average molecular weight is 267 g/mol. The summed E-state index contributed by atoms with van der Waals surface area (Å²) < 4.78 is 18.7. The lowest BCUT2D eigenvalue weighted by Gasteiger charge is -2.33. The molecule has 1 aliphatic rings. The second-order valence-corrected chi connectivity index (χ2v) is 4.41. The van der Waals surface area contributed by atoms with E-state index in [1.165, 1.54) is 12.1 Å². The van der Waals surface area contributed by atoms with E-state index in [1.807, 2.05) is 0 Å². The fraction of sp³-hybridized carbons (Fsp3) is 0.385. The number of halogens is 1. The summed E-state index contributed by atoms with van der Waals surface area (Å²) in [7, 11) is 0. The van der Waals surface area contributed by atoms with E-state index < -0.39 is 23.7 Å². The van der Waals surface area contributed by atoms with Crippen molar-refractivity contribution in [3.63, 3.8) is 0 Å². The van der Waals surface area contributed by atoms with Gasteiger partial charge >= 0.3 is 5.97 Å². The first-order chi connectivity index (χ1) is 9.00. The monoisotopic (exact) mass is 267 g/mol. The molecule has 1 saturated heterocycles. The third-order valence-electron chi connectivity index (χ3n) is 3.03. The fourth-order valence-corrected chi connectivity index (χ4v) is 2.01. The van der Waals surface area contributed by atoms with Crippen molar-refractivity contribution in [2.75, 3.05) is 19.8 Å². The van der Waals surface area contributed by atoms with Crippen molar-refractivity contribution in [2.45, 2.75) is 13.0 Å². The molecule has 6 heteroatoms. The van der Waals surface area contributed by atoms with Crippen LogP contribution in [0.5, 0.6) is 0 Å². The summed E-state index contributed by atoms with van der Waals surface area (Å²) in [5.41, 5.74) is 0.637. The highest BCUT2D eigenvalue weighted by Gasteiger charge is 2.34.